The standard InChI is InChI=1S/C18H18BrN3O4/c1-11-9-14(19)5-8-16(11)26-10-17(24)21-22-18(25)13-3-6-15(7-4-13)20-12(2)23/h3-9H,10H2,1-2H3,(H,20,23)(H,21,24)(H,22,25). The molecule has 0 spiro atoms. The van der Waals surface area contributed by atoms with Gasteiger partial charge in [-0.3, -0.25) is 25.2 Å². The Morgan fingerprint density at radius 2 is 1.73 bits per heavy atom. The number of ether oxygens (including phenoxy) is 1. The van der Waals surface area contributed by atoms with Crippen molar-refractivity contribution in [2.24, 2.45) is 0 Å². The maximum Gasteiger partial charge on any atom is 0.276 e. The van der Waals surface area contributed by atoms with Crippen LogP contribution < -0.4 is 20.9 Å². The van der Waals surface area contributed by atoms with Gasteiger partial charge in [0, 0.05) is 22.6 Å². The largest absolute Gasteiger partial charge is 0.483 e. The van der Waals surface area contributed by atoms with E-state index < -0.39 is 11.8 Å². The number of nitrogens with one attached hydrogen (secondary N) is 3. The zero-order chi connectivity index (χ0) is 19.1. The van der Waals surface area contributed by atoms with Crippen LogP contribution in [0.15, 0.2) is 46.9 Å². The van der Waals surface area contributed by atoms with E-state index in [0.29, 0.717) is 17.0 Å². The van der Waals surface area contributed by atoms with Crippen LogP contribution in [0.3, 0.4) is 0 Å². The van der Waals surface area contributed by atoms with Crippen molar-refractivity contribution >= 4 is 39.3 Å². The van der Waals surface area contributed by atoms with Crippen LogP contribution in [0.5, 0.6) is 5.75 Å². The Bertz CT molecular complexity index is 822. The fraction of sp³-hybridized carbons (Fsp3) is 0.167. The predicted octanol–water partition coefficient (Wildman–Crippen LogP) is 2.56. The number of aryl methyl sites for hydroxylation is 1. The molecule has 2 aromatic rings. The predicted molar refractivity (Wildman–Crippen MR) is 101 cm³/mol. The summed E-state index contributed by atoms with van der Waals surface area (Å²) in [6.45, 7) is 3.03. The molecule has 0 fully saturated rings. The Morgan fingerprint density at radius 1 is 1.04 bits per heavy atom. The van der Waals surface area contributed by atoms with Crippen molar-refractivity contribution in [3.8, 4) is 5.75 Å². The maximum atomic E-state index is 12.0. The Morgan fingerprint density at radius 3 is 2.35 bits per heavy atom. The lowest BCUT2D eigenvalue weighted by Gasteiger charge is -2.11. The number of benzene rings is 2. The highest BCUT2D eigenvalue weighted by Gasteiger charge is 2.09. The second kappa shape index (κ2) is 9.00. The molecule has 0 saturated carbocycles. The van der Waals surface area contributed by atoms with Crippen LogP contribution in [-0.4, -0.2) is 24.3 Å². The first-order valence-electron chi connectivity index (χ1n) is 7.71. The molecule has 0 heterocycles. The SMILES string of the molecule is CC(=O)Nc1ccc(C(=O)NNC(=O)COc2ccc(Br)cc2C)cc1. The molecular formula is C18H18BrN3O4. The van der Waals surface area contributed by atoms with Gasteiger partial charge < -0.3 is 10.1 Å². The van der Waals surface area contributed by atoms with E-state index in [-0.39, 0.29) is 12.5 Å². The average Bonchev–Trinajstić information content (AvgIpc) is 2.59. The van der Waals surface area contributed by atoms with E-state index >= 15 is 0 Å². The third kappa shape index (κ3) is 5.89. The van der Waals surface area contributed by atoms with Crippen LogP contribution in [0, 0.1) is 6.92 Å². The van der Waals surface area contributed by atoms with E-state index in [1.165, 1.54) is 19.1 Å². The molecule has 7 nitrogen and oxygen atoms in total. The fourth-order valence-corrected chi connectivity index (χ4v) is 2.54. The molecule has 0 aliphatic heterocycles. The summed E-state index contributed by atoms with van der Waals surface area (Å²) < 4.78 is 6.34. The van der Waals surface area contributed by atoms with Gasteiger partial charge in [-0.1, -0.05) is 15.9 Å². The number of anilines is 1. The van der Waals surface area contributed by atoms with Crippen LogP contribution in [0.2, 0.25) is 0 Å². The minimum absolute atomic E-state index is 0.199. The Kier molecular flexibility index (Phi) is 6.74. The van der Waals surface area contributed by atoms with Crippen molar-refractivity contribution in [2.75, 3.05) is 11.9 Å². The van der Waals surface area contributed by atoms with Gasteiger partial charge in [0.05, 0.1) is 0 Å². The van der Waals surface area contributed by atoms with Crippen molar-refractivity contribution in [1.82, 2.24) is 10.9 Å². The van der Waals surface area contributed by atoms with Crippen LogP contribution in [0.4, 0.5) is 5.69 Å². The van der Waals surface area contributed by atoms with Gasteiger partial charge in [-0.25, -0.2) is 0 Å². The van der Waals surface area contributed by atoms with Gasteiger partial charge in [-0.05, 0) is 55.0 Å². The Balaban J connectivity index is 1.81. The molecule has 0 aliphatic carbocycles. The monoisotopic (exact) mass is 419 g/mol. The van der Waals surface area contributed by atoms with E-state index in [1.807, 2.05) is 19.1 Å². The van der Waals surface area contributed by atoms with Gasteiger partial charge >= 0.3 is 0 Å². The smallest absolute Gasteiger partial charge is 0.276 e. The van der Waals surface area contributed by atoms with Gasteiger partial charge in [0.2, 0.25) is 5.91 Å². The quantitative estimate of drug-likeness (QED) is 0.648. The summed E-state index contributed by atoms with van der Waals surface area (Å²) in [4.78, 5) is 34.7. The first-order chi connectivity index (χ1) is 12.3. The second-order valence-electron chi connectivity index (χ2n) is 5.46. The van der Waals surface area contributed by atoms with Crippen molar-refractivity contribution in [3.63, 3.8) is 0 Å². The third-order valence-corrected chi connectivity index (χ3v) is 3.77. The van der Waals surface area contributed by atoms with Gasteiger partial charge in [0.1, 0.15) is 5.75 Å². The van der Waals surface area contributed by atoms with Crippen LogP contribution >= 0.6 is 15.9 Å². The number of carbonyl (C=O) groups excluding carboxylic acids is 3. The second-order valence-corrected chi connectivity index (χ2v) is 6.38. The van der Waals surface area contributed by atoms with E-state index in [1.54, 1.807) is 18.2 Å². The lowest BCUT2D eigenvalue weighted by Crippen LogP contribution is -2.43. The highest BCUT2D eigenvalue weighted by atomic mass is 79.9. The van der Waals surface area contributed by atoms with E-state index in [9.17, 15) is 14.4 Å². The normalized spacial score (nSPS) is 9.96. The zero-order valence-electron chi connectivity index (χ0n) is 14.3. The van der Waals surface area contributed by atoms with E-state index in [0.717, 1.165) is 10.0 Å². The number of carbonyl (C=O) groups is 3. The number of hydrazine groups is 1. The summed E-state index contributed by atoms with van der Waals surface area (Å²) in [5.74, 6) is -0.582. The zero-order valence-corrected chi connectivity index (χ0v) is 15.8. The molecule has 0 atom stereocenters. The van der Waals surface area contributed by atoms with Crippen molar-refractivity contribution in [2.45, 2.75) is 13.8 Å². The third-order valence-electron chi connectivity index (χ3n) is 3.28. The molecule has 0 saturated heterocycles. The van der Waals surface area contributed by atoms with Gasteiger partial charge in [-0.2, -0.15) is 0 Å². The van der Waals surface area contributed by atoms with Crippen molar-refractivity contribution in [3.05, 3.63) is 58.1 Å². The lowest BCUT2D eigenvalue weighted by molar-refractivity contribution is -0.123. The van der Waals surface area contributed by atoms with Gasteiger partial charge in [-0.15, -0.1) is 0 Å². The molecule has 136 valence electrons. The van der Waals surface area contributed by atoms with Crippen LogP contribution in [0.1, 0.15) is 22.8 Å². The van der Waals surface area contributed by atoms with Crippen molar-refractivity contribution < 1.29 is 19.1 Å². The minimum atomic E-state index is -0.490. The molecule has 3 N–H and O–H groups in total. The maximum absolute atomic E-state index is 12.0. The molecule has 2 rings (SSSR count). The highest BCUT2D eigenvalue weighted by molar-refractivity contribution is 9.10. The van der Waals surface area contributed by atoms with Crippen LogP contribution in [0.25, 0.3) is 0 Å². The summed E-state index contributed by atoms with van der Waals surface area (Å²) in [7, 11) is 0. The molecule has 3 amide bonds. The van der Waals surface area contributed by atoms with Crippen LogP contribution in [-0.2, 0) is 9.59 Å². The topological polar surface area (TPSA) is 96.5 Å². The number of rotatable bonds is 5. The molecule has 26 heavy (non-hydrogen) atoms. The molecule has 0 aliphatic rings. The highest BCUT2D eigenvalue weighted by Crippen LogP contribution is 2.21. The first kappa shape index (κ1) is 19.5. The van der Waals surface area contributed by atoms with E-state index in [2.05, 4.69) is 32.1 Å². The molecule has 0 bridgehead atoms. The molecule has 0 unspecified atom stereocenters. The molecule has 0 aromatic heterocycles. The molecule has 0 radical (unpaired) electrons. The lowest BCUT2D eigenvalue weighted by atomic mass is 10.2. The summed E-state index contributed by atoms with van der Waals surface area (Å²) in [5, 5.41) is 2.60. The summed E-state index contributed by atoms with van der Waals surface area (Å²) in [6.07, 6.45) is 0. The number of hydrogen-bond donors (Lipinski definition) is 3. The Labute approximate surface area is 159 Å². The Hall–Kier alpha value is -2.87. The number of amides is 3. The van der Waals surface area contributed by atoms with Crippen molar-refractivity contribution in [1.29, 1.82) is 0 Å². The molecular weight excluding hydrogens is 402 g/mol. The minimum Gasteiger partial charge on any atom is -0.483 e. The van der Waals surface area contributed by atoms with Gasteiger partial charge in [0.25, 0.3) is 11.8 Å². The molecule has 2 aromatic carbocycles. The summed E-state index contributed by atoms with van der Waals surface area (Å²) in [5.41, 5.74) is 6.39. The van der Waals surface area contributed by atoms with Gasteiger partial charge in [0.15, 0.2) is 6.61 Å². The fourth-order valence-electron chi connectivity index (χ4n) is 2.06. The summed E-state index contributed by atoms with van der Waals surface area (Å²) in [6, 6.07) is 11.7. The number of hydrogen-bond acceptors (Lipinski definition) is 4. The first-order valence-corrected chi connectivity index (χ1v) is 8.50. The molecule has 8 heteroatoms. The summed E-state index contributed by atoms with van der Waals surface area (Å²) >= 11 is 3.35. The number of halogens is 1. The average molecular weight is 420 g/mol. The van der Waals surface area contributed by atoms with E-state index in [4.69, 9.17) is 4.74 Å².